The van der Waals surface area contributed by atoms with Gasteiger partial charge >= 0.3 is 0 Å². The standard InChI is InChI=1S/C25H33N5O2/c1-25(2,3)22-9-10-23(31)30(26-22)16-13-28-11-14-29(15-12-28)24(32)17-19-18-27(4)21-8-6-5-7-20(19)21/h5-10,18H,11-17H2,1-4H3. The second-order valence-corrected chi connectivity index (χ2v) is 9.71. The van der Waals surface area contributed by atoms with E-state index in [4.69, 9.17) is 0 Å². The number of carbonyl (C=O) groups is 1. The lowest BCUT2D eigenvalue weighted by atomic mass is 9.92. The van der Waals surface area contributed by atoms with Gasteiger partial charge < -0.3 is 9.47 Å². The molecule has 0 radical (unpaired) electrons. The van der Waals surface area contributed by atoms with Crippen LogP contribution in [-0.2, 0) is 30.2 Å². The van der Waals surface area contributed by atoms with Gasteiger partial charge in [-0.05, 0) is 17.7 Å². The van der Waals surface area contributed by atoms with E-state index in [1.807, 2.05) is 30.1 Å². The van der Waals surface area contributed by atoms with Gasteiger partial charge in [0.15, 0.2) is 0 Å². The lowest BCUT2D eigenvalue weighted by Crippen LogP contribution is -2.50. The third-order valence-electron chi connectivity index (χ3n) is 6.31. The maximum Gasteiger partial charge on any atom is 0.266 e. The van der Waals surface area contributed by atoms with Crippen molar-refractivity contribution in [1.82, 2.24) is 24.1 Å². The topological polar surface area (TPSA) is 63.4 Å². The molecule has 0 bridgehead atoms. The number of amides is 1. The lowest BCUT2D eigenvalue weighted by Gasteiger charge is -2.34. The van der Waals surface area contributed by atoms with Crippen LogP contribution in [0.15, 0.2) is 47.4 Å². The highest BCUT2D eigenvalue weighted by Gasteiger charge is 2.23. The second kappa shape index (κ2) is 8.90. The number of para-hydroxylation sites is 1. The third-order valence-corrected chi connectivity index (χ3v) is 6.31. The molecule has 1 fully saturated rings. The van der Waals surface area contributed by atoms with Gasteiger partial charge in [-0.2, -0.15) is 5.10 Å². The molecule has 7 nitrogen and oxygen atoms in total. The van der Waals surface area contributed by atoms with Crippen LogP contribution in [0, 0.1) is 0 Å². The number of benzene rings is 1. The summed E-state index contributed by atoms with van der Waals surface area (Å²) in [5.41, 5.74) is 2.99. The smallest absolute Gasteiger partial charge is 0.266 e. The maximum atomic E-state index is 12.9. The third kappa shape index (κ3) is 4.78. The van der Waals surface area contributed by atoms with E-state index in [0.717, 1.165) is 41.8 Å². The summed E-state index contributed by atoms with van der Waals surface area (Å²) in [5, 5.41) is 5.71. The molecule has 1 amide bonds. The maximum absolute atomic E-state index is 12.9. The Kier molecular flexibility index (Phi) is 6.20. The van der Waals surface area contributed by atoms with Crippen LogP contribution >= 0.6 is 0 Å². The Morgan fingerprint density at radius 2 is 1.72 bits per heavy atom. The summed E-state index contributed by atoms with van der Waals surface area (Å²) in [5.74, 6) is 0.178. The zero-order valence-electron chi connectivity index (χ0n) is 19.5. The van der Waals surface area contributed by atoms with Gasteiger partial charge in [-0.25, -0.2) is 4.68 Å². The molecule has 3 aromatic rings. The molecule has 0 unspecified atom stereocenters. The minimum atomic E-state index is -0.0918. The fourth-order valence-electron chi connectivity index (χ4n) is 4.31. The van der Waals surface area contributed by atoms with Crippen molar-refractivity contribution >= 4 is 16.8 Å². The number of aryl methyl sites for hydroxylation is 1. The average molecular weight is 436 g/mol. The van der Waals surface area contributed by atoms with Crippen LogP contribution in [0.5, 0.6) is 0 Å². The van der Waals surface area contributed by atoms with Crippen LogP contribution in [0.1, 0.15) is 32.0 Å². The summed E-state index contributed by atoms with van der Waals surface area (Å²) >= 11 is 0. The van der Waals surface area contributed by atoms with Crippen molar-refractivity contribution in [2.45, 2.75) is 39.2 Å². The molecule has 2 aromatic heterocycles. The Morgan fingerprint density at radius 3 is 2.44 bits per heavy atom. The van der Waals surface area contributed by atoms with Crippen molar-refractivity contribution in [3.05, 3.63) is 64.2 Å². The molecule has 1 aliphatic rings. The van der Waals surface area contributed by atoms with E-state index in [-0.39, 0.29) is 16.9 Å². The van der Waals surface area contributed by atoms with Crippen LogP contribution in [-0.4, -0.2) is 62.8 Å². The van der Waals surface area contributed by atoms with Crippen molar-refractivity contribution in [3.63, 3.8) is 0 Å². The number of fused-ring (bicyclic) bond motifs is 1. The summed E-state index contributed by atoms with van der Waals surface area (Å²) in [6.45, 7) is 10.7. The van der Waals surface area contributed by atoms with Crippen molar-refractivity contribution in [1.29, 1.82) is 0 Å². The average Bonchev–Trinajstić information content (AvgIpc) is 3.08. The summed E-state index contributed by atoms with van der Waals surface area (Å²) < 4.78 is 3.65. The minimum absolute atomic E-state index is 0.0677. The Morgan fingerprint density at radius 1 is 1.00 bits per heavy atom. The Bertz CT molecular complexity index is 1160. The molecule has 1 aliphatic heterocycles. The van der Waals surface area contributed by atoms with Crippen LogP contribution in [0.4, 0.5) is 0 Å². The van der Waals surface area contributed by atoms with Gasteiger partial charge in [0.25, 0.3) is 5.56 Å². The molecule has 32 heavy (non-hydrogen) atoms. The van der Waals surface area contributed by atoms with Gasteiger partial charge in [0.2, 0.25) is 5.91 Å². The molecule has 0 aliphatic carbocycles. The van der Waals surface area contributed by atoms with E-state index in [2.05, 4.69) is 53.7 Å². The normalized spacial score (nSPS) is 15.4. The lowest BCUT2D eigenvalue weighted by molar-refractivity contribution is -0.132. The molecule has 0 atom stereocenters. The molecule has 4 rings (SSSR count). The van der Waals surface area contributed by atoms with Crippen molar-refractivity contribution < 1.29 is 4.79 Å². The van der Waals surface area contributed by atoms with E-state index in [9.17, 15) is 9.59 Å². The predicted molar refractivity (Wildman–Crippen MR) is 127 cm³/mol. The highest BCUT2D eigenvalue weighted by molar-refractivity contribution is 5.89. The van der Waals surface area contributed by atoms with E-state index >= 15 is 0 Å². The van der Waals surface area contributed by atoms with E-state index in [1.54, 1.807) is 10.7 Å². The second-order valence-electron chi connectivity index (χ2n) is 9.71. The first-order valence-corrected chi connectivity index (χ1v) is 11.3. The van der Waals surface area contributed by atoms with Gasteiger partial charge in [0, 0.05) is 68.4 Å². The zero-order valence-corrected chi connectivity index (χ0v) is 19.5. The van der Waals surface area contributed by atoms with Crippen LogP contribution < -0.4 is 5.56 Å². The van der Waals surface area contributed by atoms with E-state index in [1.165, 1.54) is 0 Å². The van der Waals surface area contributed by atoms with Crippen molar-refractivity contribution in [2.24, 2.45) is 7.05 Å². The Hall–Kier alpha value is -2.93. The molecule has 1 aromatic carbocycles. The first-order chi connectivity index (χ1) is 15.2. The highest BCUT2D eigenvalue weighted by atomic mass is 16.2. The molecule has 7 heteroatoms. The summed E-state index contributed by atoms with van der Waals surface area (Å²) in [4.78, 5) is 29.4. The number of rotatable bonds is 5. The van der Waals surface area contributed by atoms with Gasteiger partial charge in [-0.15, -0.1) is 0 Å². The number of hydrogen-bond donors (Lipinski definition) is 0. The van der Waals surface area contributed by atoms with Gasteiger partial charge in [-0.1, -0.05) is 39.0 Å². The van der Waals surface area contributed by atoms with E-state index < -0.39 is 0 Å². The summed E-state index contributed by atoms with van der Waals surface area (Å²) in [7, 11) is 2.02. The van der Waals surface area contributed by atoms with Gasteiger partial charge in [-0.3, -0.25) is 14.5 Å². The number of aromatic nitrogens is 3. The summed E-state index contributed by atoms with van der Waals surface area (Å²) in [6, 6.07) is 11.6. The molecular formula is C25H33N5O2. The number of piperazine rings is 1. The Balaban J connectivity index is 1.32. The van der Waals surface area contributed by atoms with Crippen molar-refractivity contribution in [2.75, 3.05) is 32.7 Å². The highest BCUT2D eigenvalue weighted by Crippen LogP contribution is 2.21. The first kappa shape index (κ1) is 22.3. The predicted octanol–water partition coefficient (Wildman–Crippen LogP) is 2.42. The molecule has 0 saturated carbocycles. The quantitative estimate of drug-likeness (QED) is 0.618. The summed E-state index contributed by atoms with van der Waals surface area (Å²) in [6.07, 6.45) is 2.50. The first-order valence-electron chi connectivity index (χ1n) is 11.3. The van der Waals surface area contributed by atoms with Gasteiger partial charge in [0.05, 0.1) is 18.7 Å². The number of carbonyl (C=O) groups excluding carboxylic acids is 1. The van der Waals surface area contributed by atoms with Crippen LogP contribution in [0.2, 0.25) is 0 Å². The fourth-order valence-corrected chi connectivity index (χ4v) is 4.31. The number of hydrogen-bond acceptors (Lipinski definition) is 4. The molecule has 0 spiro atoms. The molecular weight excluding hydrogens is 402 g/mol. The SMILES string of the molecule is Cn1cc(CC(=O)N2CCN(CCn3nc(C(C)(C)C)ccc3=O)CC2)c2ccccc21. The van der Waals surface area contributed by atoms with Gasteiger partial charge in [0.1, 0.15) is 0 Å². The van der Waals surface area contributed by atoms with Crippen LogP contribution in [0.25, 0.3) is 10.9 Å². The fraction of sp³-hybridized carbons (Fsp3) is 0.480. The van der Waals surface area contributed by atoms with E-state index in [0.29, 0.717) is 26.1 Å². The molecule has 1 saturated heterocycles. The molecule has 0 N–H and O–H groups in total. The van der Waals surface area contributed by atoms with Crippen LogP contribution in [0.3, 0.4) is 0 Å². The number of nitrogens with zero attached hydrogens (tertiary/aromatic N) is 5. The monoisotopic (exact) mass is 435 g/mol. The molecule has 3 heterocycles. The molecule has 170 valence electrons. The minimum Gasteiger partial charge on any atom is -0.350 e. The largest absolute Gasteiger partial charge is 0.350 e. The zero-order chi connectivity index (χ0) is 22.9. The van der Waals surface area contributed by atoms with Crippen molar-refractivity contribution in [3.8, 4) is 0 Å². The Labute approximate surface area is 189 Å².